The highest BCUT2D eigenvalue weighted by Crippen LogP contribution is 2.28. The SMILES string of the molecule is COC(=O)c1ccc(Cl)c(NS(=O)(=O)c2ccc(C(C)(C)C)cc2)c1. The molecule has 0 fully saturated rings. The summed E-state index contributed by atoms with van der Waals surface area (Å²) < 4.78 is 32.2. The van der Waals surface area contributed by atoms with Crippen molar-refractivity contribution in [3.63, 3.8) is 0 Å². The van der Waals surface area contributed by atoms with Gasteiger partial charge in [0.05, 0.1) is 28.3 Å². The standard InChI is InChI=1S/C18H20ClNO4S/c1-18(2,3)13-6-8-14(9-7-13)25(22,23)20-16-11-12(17(21)24-4)5-10-15(16)19/h5-11,20H,1-4H3. The Bertz CT molecular complexity index is 884. The Morgan fingerprint density at radius 2 is 1.68 bits per heavy atom. The zero-order valence-corrected chi connectivity index (χ0v) is 16.0. The lowest BCUT2D eigenvalue weighted by Crippen LogP contribution is -2.15. The maximum Gasteiger partial charge on any atom is 0.337 e. The second-order valence-corrected chi connectivity index (χ2v) is 8.66. The molecule has 2 aromatic carbocycles. The predicted molar refractivity (Wildman–Crippen MR) is 98.7 cm³/mol. The Morgan fingerprint density at radius 3 is 2.20 bits per heavy atom. The minimum Gasteiger partial charge on any atom is -0.465 e. The molecule has 0 saturated heterocycles. The normalized spacial score (nSPS) is 11.9. The van der Waals surface area contributed by atoms with Crippen molar-refractivity contribution in [1.29, 1.82) is 0 Å². The van der Waals surface area contributed by atoms with E-state index < -0.39 is 16.0 Å². The van der Waals surface area contributed by atoms with E-state index in [1.165, 1.54) is 25.3 Å². The summed E-state index contributed by atoms with van der Waals surface area (Å²) in [6.45, 7) is 6.15. The first-order valence-corrected chi connectivity index (χ1v) is 9.42. The molecular formula is C18H20ClNO4S. The number of halogens is 1. The van der Waals surface area contributed by atoms with Gasteiger partial charge in [-0.25, -0.2) is 13.2 Å². The van der Waals surface area contributed by atoms with Crippen molar-refractivity contribution < 1.29 is 17.9 Å². The van der Waals surface area contributed by atoms with Crippen LogP contribution in [0.25, 0.3) is 0 Å². The maximum atomic E-state index is 12.6. The first-order valence-electron chi connectivity index (χ1n) is 7.56. The van der Waals surface area contributed by atoms with E-state index in [9.17, 15) is 13.2 Å². The molecule has 2 rings (SSSR count). The van der Waals surface area contributed by atoms with Gasteiger partial charge in [0.25, 0.3) is 10.0 Å². The summed E-state index contributed by atoms with van der Waals surface area (Å²) in [7, 11) is -2.59. The maximum absolute atomic E-state index is 12.6. The van der Waals surface area contributed by atoms with Crippen LogP contribution < -0.4 is 4.72 Å². The highest BCUT2D eigenvalue weighted by atomic mass is 35.5. The van der Waals surface area contributed by atoms with Crippen molar-refractivity contribution in [2.45, 2.75) is 31.1 Å². The van der Waals surface area contributed by atoms with Crippen LogP contribution >= 0.6 is 11.6 Å². The third-order valence-electron chi connectivity index (χ3n) is 3.66. The number of hydrogen-bond donors (Lipinski definition) is 1. The van der Waals surface area contributed by atoms with Gasteiger partial charge in [-0.15, -0.1) is 0 Å². The van der Waals surface area contributed by atoms with Crippen molar-refractivity contribution in [2.24, 2.45) is 0 Å². The molecule has 0 aliphatic heterocycles. The number of hydrogen-bond acceptors (Lipinski definition) is 4. The molecule has 0 aliphatic rings. The van der Waals surface area contributed by atoms with Crippen LogP contribution in [-0.4, -0.2) is 21.5 Å². The second kappa shape index (κ2) is 7.06. The van der Waals surface area contributed by atoms with E-state index in [4.69, 9.17) is 11.6 Å². The Hall–Kier alpha value is -2.05. The third-order valence-corrected chi connectivity index (χ3v) is 5.37. The minimum atomic E-state index is -3.83. The summed E-state index contributed by atoms with van der Waals surface area (Å²) in [5.74, 6) is -0.577. The number of ether oxygens (including phenoxy) is 1. The Balaban J connectivity index is 2.34. The van der Waals surface area contributed by atoms with Crippen LogP contribution in [0.4, 0.5) is 5.69 Å². The zero-order valence-electron chi connectivity index (χ0n) is 14.5. The molecule has 0 spiro atoms. The molecule has 0 unspecified atom stereocenters. The molecule has 0 aromatic heterocycles. The molecular weight excluding hydrogens is 362 g/mol. The summed E-state index contributed by atoms with van der Waals surface area (Å²) in [6.07, 6.45) is 0. The van der Waals surface area contributed by atoms with E-state index in [0.29, 0.717) is 0 Å². The van der Waals surface area contributed by atoms with E-state index >= 15 is 0 Å². The molecule has 0 saturated carbocycles. The summed E-state index contributed by atoms with van der Waals surface area (Å²) in [6, 6.07) is 10.9. The van der Waals surface area contributed by atoms with Gasteiger partial charge in [-0.2, -0.15) is 0 Å². The van der Waals surface area contributed by atoms with Crippen LogP contribution in [0.1, 0.15) is 36.7 Å². The monoisotopic (exact) mass is 381 g/mol. The average Bonchev–Trinajstić information content (AvgIpc) is 2.55. The Morgan fingerprint density at radius 1 is 1.08 bits per heavy atom. The van der Waals surface area contributed by atoms with Gasteiger partial charge in [-0.1, -0.05) is 44.5 Å². The lowest BCUT2D eigenvalue weighted by molar-refractivity contribution is 0.0601. The summed E-state index contributed by atoms with van der Waals surface area (Å²) in [5, 5.41) is 0.183. The fourth-order valence-corrected chi connectivity index (χ4v) is 3.48. The number of methoxy groups -OCH3 is 1. The first-order chi connectivity index (χ1) is 11.5. The van der Waals surface area contributed by atoms with E-state index in [2.05, 4.69) is 9.46 Å². The second-order valence-electron chi connectivity index (χ2n) is 6.57. The molecule has 5 nitrogen and oxygen atoms in total. The number of benzene rings is 2. The molecule has 0 aliphatic carbocycles. The number of carbonyl (C=O) groups excluding carboxylic acids is 1. The van der Waals surface area contributed by atoms with Gasteiger partial charge in [0.1, 0.15) is 0 Å². The summed E-state index contributed by atoms with van der Waals surface area (Å²) in [5.41, 5.74) is 1.27. The molecule has 0 atom stereocenters. The fourth-order valence-electron chi connectivity index (χ4n) is 2.19. The van der Waals surface area contributed by atoms with E-state index in [0.717, 1.165) is 5.56 Å². The van der Waals surface area contributed by atoms with Gasteiger partial charge < -0.3 is 4.74 Å². The molecule has 0 heterocycles. The van der Waals surface area contributed by atoms with Crippen LogP contribution in [0, 0.1) is 0 Å². The summed E-state index contributed by atoms with van der Waals surface area (Å²) >= 11 is 6.04. The summed E-state index contributed by atoms with van der Waals surface area (Å²) in [4.78, 5) is 11.7. The van der Waals surface area contributed by atoms with E-state index in [-0.39, 0.29) is 26.6 Å². The topological polar surface area (TPSA) is 72.5 Å². The van der Waals surface area contributed by atoms with Crippen LogP contribution in [0.2, 0.25) is 5.02 Å². The number of carbonyl (C=O) groups is 1. The number of nitrogens with one attached hydrogen (secondary N) is 1. The quantitative estimate of drug-likeness (QED) is 0.804. The van der Waals surface area contributed by atoms with Crippen LogP contribution in [-0.2, 0) is 20.2 Å². The van der Waals surface area contributed by atoms with Crippen molar-refractivity contribution in [3.8, 4) is 0 Å². The molecule has 7 heteroatoms. The van der Waals surface area contributed by atoms with E-state index in [1.807, 2.05) is 20.8 Å². The molecule has 0 radical (unpaired) electrons. The first kappa shape index (κ1) is 19.3. The van der Waals surface area contributed by atoms with Gasteiger partial charge in [0.15, 0.2) is 0 Å². The highest BCUT2D eigenvalue weighted by Gasteiger charge is 2.19. The van der Waals surface area contributed by atoms with Crippen molar-refractivity contribution in [3.05, 3.63) is 58.6 Å². The molecule has 1 N–H and O–H groups in total. The predicted octanol–water partition coefficient (Wildman–Crippen LogP) is 4.22. The molecule has 2 aromatic rings. The zero-order chi connectivity index (χ0) is 18.8. The number of sulfonamides is 1. The largest absolute Gasteiger partial charge is 0.465 e. The van der Waals surface area contributed by atoms with Crippen LogP contribution in [0.3, 0.4) is 0 Å². The van der Waals surface area contributed by atoms with Gasteiger partial charge in [0, 0.05) is 0 Å². The number of anilines is 1. The van der Waals surface area contributed by atoms with Crippen molar-refractivity contribution in [2.75, 3.05) is 11.8 Å². The highest BCUT2D eigenvalue weighted by molar-refractivity contribution is 7.92. The van der Waals surface area contributed by atoms with Gasteiger partial charge >= 0.3 is 5.97 Å². The minimum absolute atomic E-state index is 0.0755. The van der Waals surface area contributed by atoms with Gasteiger partial charge in [-0.3, -0.25) is 4.72 Å². The lowest BCUT2D eigenvalue weighted by atomic mass is 9.87. The molecule has 0 bridgehead atoms. The van der Waals surface area contributed by atoms with Crippen LogP contribution in [0.15, 0.2) is 47.4 Å². The smallest absolute Gasteiger partial charge is 0.337 e. The Kier molecular flexibility index (Phi) is 5.44. The lowest BCUT2D eigenvalue weighted by Gasteiger charge is -2.19. The molecule has 25 heavy (non-hydrogen) atoms. The molecule has 134 valence electrons. The fraction of sp³-hybridized carbons (Fsp3) is 0.278. The molecule has 0 amide bonds. The van der Waals surface area contributed by atoms with Gasteiger partial charge in [-0.05, 0) is 41.3 Å². The van der Waals surface area contributed by atoms with E-state index in [1.54, 1.807) is 24.3 Å². The van der Waals surface area contributed by atoms with Gasteiger partial charge in [0.2, 0.25) is 0 Å². The number of esters is 1. The van der Waals surface area contributed by atoms with Crippen molar-refractivity contribution in [1.82, 2.24) is 0 Å². The third kappa shape index (κ3) is 4.52. The van der Waals surface area contributed by atoms with Crippen LogP contribution in [0.5, 0.6) is 0 Å². The Labute approximate surface area is 153 Å². The van der Waals surface area contributed by atoms with Crippen molar-refractivity contribution >= 4 is 33.3 Å². The average molecular weight is 382 g/mol. The number of rotatable bonds is 4.